The number of nitrogens with zero attached hydrogens (tertiary/aromatic N) is 2. The van der Waals surface area contributed by atoms with Crippen molar-refractivity contribution in [2.45, 2.75) is 26.4 Å². The highest BCUT2D eigenvalue weighted by molar-refractivity contribution is 5.89. The van der Waals surface area contributed by atoms with Crippen molar-refractivity contribution >= 4 is 11.7 Å². The summed E-state index contributed by atoms with van der Waals surface area (Å²) in [6, 6.07) is 7.59. The van der Waals surface area contributed by atoms with Crippen molar-refractivity contribution in [3.63, 3.8) is 0 Å². The zero-order valence-electron chi connectivity index (χ0n) is 14.4. The van der Waals surface area contributed by atoms with Gasteiger partial charge in [-0.2, -0.15) is 0 Å². The van der Waals surface area contributed by atoms with E-state index in [4.69, 9.17) is 0 Å². The summed E-state index contributed by atoms with van der Waals surface area (Å²) in [5.74, 6) is -0.280. The lowest BCUT2D eigenvalue weighted by Gasteiger charge is -2.17. The van der Waals surface area contributed by atoms with E-state index in [9.17, 15) is 9.18 Å². The van der Waals surface area contributed by atoms with Gasteiger partial charge in [0.15, 0.2) is 0 Å². The molecule has 0 saturated heterocycles. The number of hydrogen-bond acceptors (Lipinski definition) is 3. The molecule has 1 heterocycles. The van der Waals surface area contributed by atoms with Crippen LogP contribution in [0.3, 0.4) is 0 Å². The Balaban J connectivity index is 2.00. The minimum Gasteiger partial charge on any atom is -0.331 e. The first kappa shape index (κ1) is 17.9. The third kappa shape index (κ3) is 5.03. The van der Waals surface area contributed by atoms with Gasteiger partial charge in [-0.25, -0.2) is 9.18 Å². The van der Waals surface area contributed by atoms with Gasteiger partial charge in [-0.05, 0) is 63.3 Å². The molecule has 0 aliphatic heterocycles. The van der Waals surface area contributed by atoms with E-state index in [0.717, 1.165) is 16.8 Å². The topological polar surface area (TPSA) is 57.3 Å². The number of aromatic nitrogens is 1. The highest BCUT2D eigenvalue weighted by atomic mass is 19.1. The molecular weight excluding hydrogens is 307 g/mol. The van der Waals surface area contributed by atoms with E-state index >= 15 is 0 Å². The van der Waals surface area contributed by atoms with Crippen molar-refractivity contribution in [3.05, 3.63) is 59.2 Å². The maximum absolute atomic E-state index is 13.2. The average molecular weight is 330 g/mol. The van der Waals surface area contributed by atoms with Gasteiger partial charge in [0.05, 0.1) is 11.7 Å². The molecule has 0 bridgehead atoms. The molecule has 1 atom stereocenters. The van der Waals surface area contributed by atoms with Crippen LogP contribution in [0.15, 0.2) is 36.5 Å². The van der Waals surface area contributed by atoms with E-state index in [0.29, 0.717) is 12.2 Å². The molecule has 0 radical (unpaired) electrons. The molecule has 1 aromatic heterocycles. The first-order valence-corrected chi connectivity index (χ1v) is 7.78. The van der Waals surface area contributed by atoms with Gasteiger partial charge in [0.1, 0.15) is 5.82 Å². The van der Waals surface area contributed by atoms with Crippen LogP contribution in [-0.4, -0.2) is 30.0 Å². The fraction of sp³-hybridized carbons (Fsp3) is 0.333. The SMILES string of the molecule is Cc1cc(F)ccc1[C@H](C)NC(=O)Nc1ccnc(CN(C)C)c1. The smallest absolute Gasteiger partial charge is 0.319 e. The molecule has 128 valence electrons. The molecule has 0 unspecified atom stereocenters. The summed E-state index contributed by atoms with van der Waals surface area (Å²) in [5, 5.41) is 5.67. The number of benzene rings is 1. The summed E-state index contributed by atoms with van der Waals surface area (Å²) in [6.07, 6.45) is 1.67. The van der Waals surface area contributed by atoms with Crippen molar-refractivity contribution in [3.8, 4) is 0 Å². The molecular formula is C18H23FN4O. The number of urea groups is 1. The largest absolute Gasteiger partial charge is 0.331 e. The van der Waals surface area contributed by atoms with Crippen LogP contribution in [0, 0.1) is 12.7 Å². The first-order valence-electron chi connectivity index (χ1n) is 7.78. The summed E-state index contributed by atoms with van der Waals surface area (Å²) in [6.45, 7) is 4.39. The molecule has 0 aliphatic rings. The predicted octanol–water partition coefficient (Wildman–Crippen LogP) is 3.47. The predicted molar refractivity (Wildman–Crippen MR) is 93.3 cm³/mol. The quantitative estimate of drug-likeness (QED) is 0.882. The Morgan fingerprint density at radius 1 is 1.29 bits per heavy atom. The van der Waals surface area contributed by atoms with Gasteiger partial charge in [-0.15, -0.1) is 0 Å². The summed E-state index contributed by atoms with van der Waals surface area (Å²) >= 11 is 0. The van der Waals surface area contributed by atoms with Gasteiger partial charge in [-0.1, -0.05) is 6.07 Å². The molecule has 5 nitrogen and oxygen atoms in total. The summed E-state index contributed by atoms with van der Waals surface area (Å²) in [7, 11) is 3.92. The Bertz CT molecular complexity index is 718. The summed E-state index contributed by atoms with van der Waals surface area (Å²) < 4.78 is 13.2. The van der Waals surface area contributed by atoms with Crippen molar-refractivity contribution in [2.75, 3.05) is 19.4 Å². The second-order valence-corrected chi connectivity index (χ2v) is 6.09. The number of carbonyl (C=O) groups excluding carboxylic acids is 1. The molecule has 2 aromatic rings. The van der Waals surface area contributed by atoms with Gasteiger partial charge in [0, 0.05) is 18.4 Å². The van der Waals surface area contributed by atoms with Crippen LogP contribution in [0.25, 0.3) is 0 Å². The van der Waals surface area contributed by atoms with Crippen LogP contribution in [-0.2, 0) is 6.54 Å². The Morgan fingerprint density at radius 3 is 2.71 bits per heavy atom. The van der Waals surface area contributed by atoms with E-state index in [2.05, 4.69) is 15.6 Å². The number of amides is 2. The van der Waals surface area contributed by atoms with Gasteiger partial charge in [-0.3, -0.25) is 4.98 Å². The van der Waals surface area contributed by atoms with Crippen LogP contribution in [0.5, 0.6) is 0 Å². The van der Waals surface area contributed by atoms with Crippen molar-refractivity contribution in [1.82, 2.24) is 15.2 Å². The van der Waals surface area contributed by atoms with E-state index in [1.807, 2.05) is 38.9 Å². The third-order valence-corrected chi connectivity index (χ3v) is 3.60. The molecule has 2 N–H and O–H groups in total. The number of pyridine rings is 1. The van der Waals surface area contributed by atoms with Crippen LogP contribution < -0.4 is 10.6 Å². The number of halogens is 1. The Kier molecular flexibility index (Phi) is 5.87. The molecule has 0 aliphatic carbocycles. The molecule has 24 heavy (non-hydrogen) atoms. The van der Waals surface area contributed by atoms with Crippen molar-refractivity contribution < 1.29 is 9.18 Å². The van der Waals surface area contributed by atoms with Crippen LogP contribution in [0.4, 0.5) is 14.9 Å². The minimum absolute atomic E-state index is 0.228. The maximum Gasteiger partial charge on any atom is 0.319 e. The number of rotatable bonds is 5. The van der Waals surface area contributed by atoms with Crippen LogP contribution in [0.2, 0.25) is 0 Å². The number of hydrogen-bond donors (Lipinski definition) is 2. The molecule has 0 saturated carbocycles. The van der Waals surface area contributed by atoms with Crippen molar-refractivity contribution in [1.29, 1.82) is 0 Å². The molecule has 0 fully saturated rings. The number of nitrogens with one attached hydrogen (secondary N) is 2. The molecule has 6 heteroatoms. The van der Waals surface area contributed by atoms with E-state index < -0.39 is 0 Å². The van der Waals surface area contributed by atoms with Crippen LogP contribution in [0.1, 0.15) is 29.8 Å². The highest BCUT2D eigenvalue weighted by Crippen LogP contribution is 2.18. The van der Waals surface area contributed by atoms with Gasteiger partial charge < -0.3 is 15.5 Å². The zero-order chi connectivity index (χ0) is 17.7. The van der Waals surface area contributed by atoms with Gasteiger partial charge >= 0.3 is 6.03 Å². The summed E-state index contributed by atoms with van der Waals surface area (Å²) in [5.41, 5.74) is 3.25. The second-order valence-electron chi connectivity index (χ2n) is 6.09. The van der Waals surface area contributed by atoms with E-state index in [1.165, 1.54) is 12.1 Å². The van der Waals surface area contributed by atoms with Crippen molar-refractivity contribution in [2.24, 2.45) is 0 Å². The monoisotopic (exact) mass is 330 g/mol. The number of carbonyl (C=O) groups is 1. The number of anilines is 1. The fourth-order valence-electron chi connectivity index (χ4n) is 2.53. The molecule has 1 aromatic carbocycles. The average Bonchev–Trinajstić information content (AvgIpc) is 2.46. The maximum atomic E-state index is 13.2. The van der Waals surface area contributed by atoms with E-state index in [1.54, 1.807) is 18.3 Å². The summed E-state index contributed by atoms with van der Waals surface area (Å²) in [4.78, 5) is 18.5. The van der Waals surface area contributed by atoms with E-state index in [-0.39, 0.29) is 17.9 Å². The lowest BCUT2D eigenvalue weighted by atomic mass is 10.0. The normalized spacial score (nSPS) is 12.1. The van der Waals surface area contributed by atoms with Crippen LogP contribution >= 0.6 is 0 Å². The first-order chi connectivity index (χ1) is 11.3. The van der Waals surface area contributed by atoms with Gasteiger partial charge in [0.25, 0.3) is 0 Å². The molecule has 2 amide bonds. The zero-order valence-corrected chi connectivity index (χ0v) is 14.4. The lowest BCUT2D eigenvalue weighted by Crippen LogP contribution is -2.31. The lowest BCUT2D eigenvalue weighted by molar-refractivity contribution is 0.249. The molecule has 2 rings (SSSR count). The molecule has 0 spiro atoms. The standard InChI is InChI=1S/C18H23FN4O/c1-12-9-14(19)5-6-17(12)13(2)21-18(24)22-15-7-8-20-16(10-15)11-23(3)4/h5-10,13H,11H2,1-4H3,(H2,20,21,22,24)/t13-/m0/s1. The number of aryl methyl sites for hydroxylation is 1. The Morgan fingerprint density at radius 2 is 2.04 bits per heavy atom. The fourth-order valence-corrected chi connectivity index (χ4v) is 2.53. The Hall–Kier alpha value is -2.47. The Labute approximate surface area is 141 Å². The minimum atomic E-state index is -0.312. The second kappa shape index (κ2) is 7.88. The highest BCUT2D eigenvalue weighted by Gasteiger charge is 2.12. The van der Waals surface area contributed by atoms with Gasteiger partial charge in [0.2, 0.25) is 0 Å². The third-order valence-electron chi connectivity index (χ3n) is 3.60.